The second-order valence-electron chi connectivity index (χ2n) is 5.30. The summed E-state index contributed by atoms with van der Waals surface area (Å²) in [6.07, 6.45) is 9.96. The maximum Gasteiger partial charge on any atom is 0.234 e. The van der Waals surface area contributed by atoms with E-state index in [2.05, 4.69) is 24.5 Å². The Labute approximate surface area is 106 Å². The normalized spacial score (nSPS) is 20.4. The molecule has 0 saturated heterocycles. The lowest BCUT2D eigenvalue weighted by Gasteiger charge is -2.21. The molecule has 0 aromatic carbocycles. The Hall–Kier alpha value is -0.570. The van der Waals surface area contributed by atoms with Crippen LogP contribution in [0.25, 0.3) is 0 Å². The van der Waals surface area contributed by atoms with E-state index in [9.17, 15) is 4.79 Å². The molecule has 1 fully saturated rings. The summed E-state index contributed by atoms with van der Waals surface area (Å²) in [6.45, 7) is 4.71. The van der Waals surface area contributed by atoms with Crippen LogP contribution >= 0.6 is 0 Å². The van der Waals surface area contributed by atoms with E-state index in [1.165, 1.54) is 32.1 Å². The van der Waals surface area contributed by atoms with Crippen molar-refractivity contribution in [1.82, 2.24) is 10.6 Å². The monoisotopic (exact) mass is 240 g/mol. The molecule has 0 heterocycles. The molecule has 0 bridgehead atoms. The Bertz CT molecular complexity index is 210. The average molecular weight is 240 g/mol. The van der Waals surface area contributed by atoms with Gasteiger partial charge in [-0.1, -0.05) is 39.0 Å². The van der Waals surface area contributed by atoms with Crippen molar-refractivity contribution in [1.29, 1.82) is 0 Å². The zero-order chi connectivity index (χ0) is 12.5. The van der Waals surface area contributed by atoms with Crippen LogP contribution < -0.4 is 10.6 Å². The van der Waals surface area contributed by atoms with Crippen molar-refractivity contribution in [3.63, 3.8) is 0 Å². The van der Waals surface area contributed by atoms with E-state index >= 15 is 0 Å². The Morgan fingerprint density at radius 1 is 1.18 bits per heavy atom. The number of nitrogens with one attached hydrogen (secondary N) is 2. The first kappa shape index (κ1) is 14.5. The molecule has 1 atom stereocenters. The maximum absolute atomic E-state index is 11.8. The van der Waals surface area contributed by atoms with E-state index in [4.69, 9.17) is 0 Å². The number of carbonyl (C=O) groups excluding carboxylic acids is 1. The predicted molar refractivity (Wildman–Crippen MR) is 72.0 cm³/mol. The molecule has 3 nitrogen and oxygen atoms in total. The van der Waals surface area contributed by atoms with Crippen molar-refractivity contribution in [2.75, 3.05) is 6.54 Å². The summed E-state index contributed by atoms with van der Waals surface area (Å²) < 4.78 is 0. The molecule has 1 rings (SSSR count). The molecular formula is C14H28N2O. The molecule has 3 heteroatoms. The number of rotatable bonds is 5. The van der Waals surface area contributed by atoms with Gasteiger partial charge in [0.25, 0.3) is 0 Å². The van der Waals surface area contributed by atoms with Gasteiger partial charge in [-0.15, -0.1) is 0 Å². The summed E-state index contributed by atoms with van der Waals surface area (Å²) in [5.74, 6) is 0.163. The van der Waals surface area contributed by atoms with E-state index in [1.807, 2.05) is 0 Å². The average Bonchev–Trinajstić information content (AvgIpc) is 2.29. The molecule has 0 aromatic rings. The fourth-order valence-corrected chi connectivity index (χ4v) is 2.29. The van der Waals surface area contributed by atoms with Gasteiger partial charge in [-0.25, -0.2) is 0 Å². The Balaban J connectivity index is 2.19. The molecule has 0 spiro atoms. The minimum Gasteiger partial charge on any atom is -0.352 e. The molecule has 0 aliphatic heterocycles. The van der Waals surface area contributed by atoms with Gasteiger partial charge >= 0.3 is 0 Å². The van der Waals surface area contributed by atoms with Gasteiger partial charge < -0.3 is 10.6 Å². The highest BCUT2D eigenvalue weighted by Gasteiger charge is 2.13. The second-order valence-corrected chi connectivity index (χ2v) is 5.30. The van der Waals surface area contributed by atoms with Crippen molar-refractivity contribution < 1.29 is 4.79 Å². The zero-order valence-electron chi connectivity index (χ0n) is 11.4. The summed E-state index contributed by atoms with van der Waals surface area (Å²) >= 11 is 0. The predicted octanol–water partition coefficient (Wildman–Crippen LogP) is 2.60. The highest BCUT2D eigenvalue weighted by atomic mass is 16.1. The molecule has 1 aliphatic rings. The van der Waals surface area contributed by atoms with Crippen molar-refractivity contribution in [2.45, 2.75) is 77.3 Å². The third kappa shape index (κ3) is 6.67. The van der Waals surface area contributed by atoms with E-state index in [1.54, 1.807) is 0 Å². The minimum absolute atomic E-state index is 0.163. The van der Waals surface area contributed by atoms with Gasteiger partial charge in [-0.3, -0.25) is 4.79 Å². The van der Waals surface area contributed by atoms with Gasteiger partial charge in [0.1, 0.15) is 0 Å². The number of hydrogen-bond donors (Lipinski definition) is 2. The van der Waals surface area contributed by atoms with Crippen LogP contribution in [0.4, 0.5) is 0 Å². The Morgan fingerprint density at radius 3 is 2.35 bits per heavy atom. The third-order valence-corrected chi connectivity index (χ3v) is 3.69. The lowest BCUT2D eigenvalue weighted by molar-refractivity contribution is -0.121. The Morgan fingerprint density at radius 2 is 1.76 bits per heavy atom. The van der Waals surface area contributed by atoms with Gasteiger partial charge in [0.15, 0.2) is 0 Å². The molecule has 0 radical (unpaired) electrons. The molecule has 1 amide bonds. The molecule has 0 aromatic heterocycles. The number of hydrogen-bond acceptors (Lipinski definition) is 2. The topological polar surface area (TPSA) is 41.1 Å². The van der Waals surface area contributed by atoms with Crippen LogP contribution in [0.15, 0.2) is 0 Å². The second kappa shape index (κ2) is 8.51. The van der Waals surface area contributed by atoms with Gasteiger partial charge in [0.05, 0.1) is 6.54 Å². The summed E-state index contributed by atoms with van der Waals surface area (Å²) in [6, 6.07) is 0.847. The van der Waals surface area contributed by atoms with Crippen LogP contribution in [0.3, 0.4) is 0 Å². The smallest absolute Gasteiger partial charge is 0.234 e. The van der Waals surface area contributed by atoms with Gasteiger partial charge in [0.2, 0.25) is 5.91 Å². The molecule has 1 saturated carbocycles. The van der Waals surface area contributed by atoms with E-state index < -0.39 is 0 Å². The molecule has 100 valence electrons. The van der Waals surface area contributed by atoms with Crippen molar-refractivity contribution >= 4 is 5.91 Å². The molecule has 1 unspecified atom stereocenters. The van der Waals surface area contributed by atoms with Gasteiger partial charge in [-0.05, 0) is 26.2 Å². The largest absolute Gasteiger partial charge is 0.352 e. The number of amides is 1. The third-order valence-electron chi connectivity index (χ3n) is 3.69. The van der Waals surface area contributed by atoms with Crippen LogP contribution in [0.1, 0.15) is 65.2 Å². The highest BCUT2D eigenvalue weighted by molar-refractivity contribution is 5.78. The lowest BCUT2D eigenvalue weighted by atomic mass is 9.97. The fraction of sp³-hybridized carbons (Fsp3) is 0.929. The van der Waals surface area contributed by atoms with Gasteiger partial charge in [-0.2, -0.15) is 0 Å². The van der Waals surface area contributed by atoms with Crippen LogP contribution in [0, 0.1) is 0 Å². The van der Waals surface area contributed by atoms with Crippen molar-refractivity contribution in [3.8, 4) is 0 Å². The maximum atomic E-state index is 11.8. The number of carbonyl (C=O) groups is 1. The van der Waals surface area contributed by atoms with Crippen LogP contribution in [0.5, 0.6) is 0 Å². The SMILES string of the molecule is CCC(C)NCC(=O)NC1CCCCCCC1. The summed E-state index contributed by atoms with van der Waals surface area (Å²) in [7, 11) is 0. The summed E-state index contributed by atoms with van der Waals surface area (Å²) in [5.41, 5.74) is 0. The van der Waals surface area contributed by atoms with Crippen LogP contribution in [-0.4, -0.2) is 24.5 Å². The highest BCUT2D eigenvalue weighted by Crippen LogP contribution is 2.16. The van der Waals surface area contributed by atoms with E-state index in [0.29, 0.717) is 18.6 Å². The van der Waals surface area contributed by atoms with Crippen molar-refractivity contribution in [2.24, 2.45) is 0 Å². The zero-order valence-corrected chi connectivity index (χ0v) is 11.4. The van der Waals surface area contributed by atoms with Gasteiger partial charge in [0, 0.05) is 12.1 Å². The quantitative estimate of drug-likeness (QED) is 0.775. The molecule has 2 N–H and O–H groups in total. The first-order valence-electron chi connectivity index (χ1n) is 7.25. The molecule has 1 aliphatic carbocycles. The Kier molecular flexibility index (Phi) is 7.25. The summed E-state index contributed by atoms with van der Waals surface area (Å²) in [5, 5.41) is 6.40. The van der Waals surface area contributed by atoms with E-state index in [-0.39, 0.29) is 5.91 Å². The first-order valence-corrected chi connectivity index (χ1v) is 7.25. The standard InChI is InChI=1S/C14H28N2O/c1-3-12(2)15-11-14(17)16-13-9-7-5-4-6-8-10-13/h12-13,15H,3-11H2,1-2H3,(H,16,17). The first-order chi connectivity index (χ1) is 8.22. The molecular weight excluding hydrogens is 212 g/mol. The molecule has 17 heavy (non-hydrogen) atoms. The van der Waals surface area contributed by atoms with E-state index in [0.717, 1.165) is 19.3 Å². The van der Waals surface area contributed by atoms with Crippen molar-refractivity contribution in [3.05, 3.63) is 0 Å². The lowest BCUT2D eigenvalue weighted by Crippen LogP contribution is -2.42. The van der Waals surface area contributed by atoms with Crippen LogP contribution in [0.2, 0.25) is 0 Å². The van der Waals surface area contributed by atoms with Crippen LogP contribution in [-0.2, 0) is 4.79 Å². The summed E-state index contributed by atoms with van der Waals surface area (Å²) in [4.78, 5) is 11.8. The minimum atomic E-state index is 0.163. The fourth-order valence-electron chi connectivity index (χ4n) is 2.29.